The molecule has 2 N–H and O–H groups in total. The minimum Gasteiger partial charge on any atom is -0.389 e. The van der Waals surface area contributed by atoms with Crippen LogP contribution in [0.4, 0.5) is 5.00 Å². The van der Waals surface area contributed by atoms with Crippen molar-refractivity contribution in [2.24, 2.45) is 0 Å². The van der Waals surface area contributed by atoms with E-state index in [0.717, 1.165) is 27.7 Å². The van der Waals surface area contributed by atoms with Crippen molar-refractivity contribution in [3.05, 3.63) is 46.1 Å². The average Bonchev–Trinajstić information content (AvgIpc) is 2.59. The average molecular weight is 266 g/mol. The summed E-state index contributed by atoms with van der Waals surface area (Å²) in [5.41, 5.74) is 8.48. The summed E-state index contributed by atoms with van der Waals surface area (Å²) in [7, 11) is 0. The van der Waals surface area contributed by atoms with Crippen LogP contribution in [-0.4, -0.2) is 4.98 Å². The van der Waals surface area contributed by atoms with E-state index >= 15 is 0 Å². The van der Waals surface area contributed by atoms with Gasteiger partial charge in [0.05, 0.1) is 22.3 Å². The summed E-state index contributed by atoms with van der Waals surface area (Å²) in [5, 5.41) is 10.5. The Balaban J connectivity index is 0.00000144. The van der Waals surface area contributed by atoms with Gasteiger partial charge in [0.15, 0.2) is 0 Å². The second-order valence-electron chi connectivity index (χ2n) is 3.54. The summed E-state index contributed by atoms with van der Waals surface area (Å²) in [6.07, 6.45) is 0.772. The highest BCUT2D eigenvalue weighted by Crippen LogP contribution is 2.22. The van der Waals surface area contributed by atoms with E-state index in [9.17, 15) is 0 Å². The first-order chi connectivity index (χ1) is 7.69. The van der Waals surface area contributed by atoms with Gasteiger partial charge in [-0.15, -0.1) is 23.7 Å². The molecule has 0 radical (unpaired) electrons. The number of halogens is 1. The molecule has 1 aromatic heterocycles. The molecular weight excluding hydrogens is 254 g/mol. The van der Waals surface area contributed by atoms with Crippen molar-refractivity contribution >= 4 is 28.7 Å². The van der Waals surface area contributed by atoms with Crippen LogP contribution < -0.4 is 5.73 Å². The lowest BCUT2D eigenvalue weighted by atomic mass is 10.1. The highest BCUT2D eigenvalue weighted by molar-refractivity contribution is 7.15. The Morgan fingerprint density at radius 1 is 1.35 bits per heavy atom. The molecule has 0 aliphatic carbocycles. The molecule has 0 atom stereocenters. The maximum absolute atomic E-state index is 8.68. The minimum atomic E-state index is 0. The minimum absolute atomic E-state index is 0. The van der Waals surface area contributed by atoms with E-state index in [2.05, 4.69) is 11.1 Å². The fourth-order valence-corrected chi connectivity index (χ4v) is 2.28. The number of aromatic nitrogens is 1. The maximum Gasteiger partial charge on any atom is 0.109 e. The van der Waals surface area contributed by atoms with E-state index in [1.165, 1.54) is 11.3 Å². The van der Waals surface area contributed by atoms with E-state index in [0.29, 0.717) is 5.56 Å². The number of aryl methyl sites for hydroxylation is 1. The van der Waals surface area contributed by atoms with E-state index < -0.39 is 0 Å². The lowest BCUT2D eigenvalue weighted by Gasteiger charge is -1.97. The number of nitrogens with zero attached hydrogens (tertiary/aromatic N) is 2. The van der Waals surface area contributed by atoms with Crippen molar-refractivity contribution in [2.45, 2.75) is 13.3 Å². The second-order valence-corrected chi connectivity index (χ2v) is 4.66. The number of anilines is 1. The van der Waals surface area contributed by atoms with Gasteiger partial charge in [-0.25, -0.2) is 4.98 Å². The molecule has 2 aromatic rings. The molecule has 88 valence electrons. The molecule has 0 aliphatic heterocycles. The van der Waals surface area contributed by atoms with Gasteiger partial charge < -0.3 is 5.73 Å². The fraction of sp³-hybridized carbons (Fsp3) is 0.167. The number of hydrogen-bond donors (Lipinski definition) is 1. The quantitative estimate of drug-likeness (QED) is 0.908. The van der Waals surface area contributed by atoms with Gasteiger partial charge in [0.1, 0.15) is 5.00 Å². The topological polar surface area (TPSA) is 62.7 Å². The third-order valence-corrected chi connectivity index (χ3v) is 3.30. The van der Waals surface area contributed by atoms with Crippen LogP contribution in [0.1, 0.15) is 21.8 Å². The van der Waals surface area contributed by atoms with Gasteiger partial charge in [-0.05, 0) is 24.6 Å². The monoisotopic (exact) mass is 265 g/mol. The summed E-state index contributed by atoms with van der Waals surface area (Å²) in [5.74, 6) is 0. The normalized spacial score (nSPS) is 9.41. The molecule has 5 heteroatoms. The second kappa shape index (κ2) is 5.67. The zero-order chi connectivity index (χ0) is 11.5. The van der Waals surface area contributed by atoms with Crippen molar-refractivity contribution in [3.8, 4) is 6.07 Å². The number of thiazole rings is 1. The number of nitrogen functional groups attached to an aromatic ring is 1. The van der Waals surface area contributed by atoms with Crippen molar-refractivity contribution in [1.29, 1.82) is 5.26 Å². The lowest BCUT2D eigenvalue weighted by Crippen LogP contribution is -1.87. The van der Waals surface area contributed by atoms with Gasteiger partial charge in [0.25, 0.3) is 0 Å². The molecule has 0 fully saturated rings. The number of benzene rings is 1. The van der Waals surface area contributed by atoms with Crippen LogP contribution in [0.15, 0.2) is 24.3 Å². The summed E-state index contributed by atoms with van der Waals surface area (Å²) < 4.78 is 0. The smallest absolute Gasteiger partial charge is 0.109 e. The van der Waals surface area contributed by atoms with E-state index in [-0.39, 0.29) is 12.4 Å². The zero-order valence-electron chi connectivity index (χ0n) is 9.30. The van der Waals surface area contributed by atoms with Gasteiger partial charge in [-0.2, -0.15) is 5.26 Å². The van der Waals surface area contributed by atoms with Crippen LogP contribution in [0.25, 0.3) is 0 Å². The molecule has 1 aromatic carbocycles. The Morgan fingerprint density at radius 2 is 2.00 bits per heavy atom. The molecule has 1 heterocycles. The van der Waals surface area contributed by atoms with Gasteiger partial charge in [0, 0.05) is 6.42 Å². The number of nitriles is 1. The molecule has 2 rings (SSSR count). The molecular formula is C12H12ClN3S. The molecule has 0 spiro atoms. The summed E-state index contributed by atoms with van der Waals surface area (Å²) in [6.45, 7) is 1.91. The third kappa shape index (κ3) is 3.19. The molecule has 0 unspecified atom stereocenters. The highest BCUT2D eigenvalue weighted by Gasteiger charge is 2.05. The first kappa shape index (κ1) is 13.5. The molecule has 0 amide bonds. The Hall–Kier alpha value is -1.57. The molecule has 0 bridgehead atoms. The van der Waals surface area contributed by atoms with Crippen molar-refractivity contribution in [1.82, 2.24) is 4.98 Å². The standard InChI is InChI=1S/C12H11N3S.ClH/c1-8-12(14)16-11(15-8)6-9-2-4-10(7-13)5-3-9;/h2-5H,6,14H2,1H3;1H. The van der Waals surface area contributed by atoms with Crippen LogP contribution in [0.5, 0.6) is 0 Å². The largest absolute Gasteiger partial charge is 0.389 e. The maximum atomic E-state index is 8.68. The van der Waals surface area contributed by atoms with Crippen LogP contribution in [0.2, 0.25) is 0 Å². The highest BCUT2D eigenvalue weighted by atomic mass is 35.5. The van der Waals surface area contributed by atoms with Crippen LogP contribution in [0.3, 0.4) is 0 Å². The number of nitrogens with two attached hydrogens (primary N) is 1. The van der Waals surface area contributed by atoms with Crippen molar-refractivity contribution in [3.63, 3.8) is 0 Å². The number of hydrogen-bond acceptors (Lipinski definition) is 4. The van der Waals surface area contributed by atoms with Gasteiger partial charge in [-0.1, -0.05) is 12.1 Å². The SMILES string of the molecule is Cc1nc(Cc2ccc(C#N)cc2)sc1N.Cl. The summed E-state index contributed by atoms with van der Waals surface area (Å²) in [4.78, 5) is 4.38. The Kier molecular flexibility index (Phi) is 4.50. The first-order valence-electron chi connectivity index (χ1n) is 4.90. The van der Waals surface area contributed by atoms with E-state index in [4.69, 9.17) is 11.0 Å². The molecule has 0 saturated carbocycles. The fourth-order valence-electron chi connectivity index (χ4n) is 1.41. The Morgan fingerprint density at radius 3 is 2.47 bits per heavy atom. The van der Waals surface area contributed by atoms with Gasteiger partial charge in [-0.3, -0.25) is 0 Å². The van der Waals surface area contributed by atoms with Gasteiger partial charge in [0.2, 0.25) is 0 Å². The molecule has 3 nitrogen and oxygen atoms in total. The van der Waals surface area contributed by atoms with Crippen molar-refractivity contribution < 1.29 is 0 Å². The van der Waals surface area contributed by atoms with Crippen LogP contribution >= 0.6 is 23.7 Å². The van der Waals surface area contributed by atoms with E-state index in [1.807, 2.05) is 31.2 Å². The van der Waals surface area contributed by atoms with Crippen LogP contribution in [0, 0.1) is 18.3 Å². The summed E-state index contributed by atoms with van der Waals surface area (Å²) in [6, 6.07) is 9.64. The molecule has 0 saturated heterocycles. The molecule has 0 aliphatic rings. The van der Waals surface area contributed by atoms with Crippen molar-refractivity contribution in [2.75, 3.05) is 5.73 Å². The predicted molar refractivity (Wildman–Crippen MR) is 72.5 cm³/mol. The Bertz CT molecular complexity index is 520. The third-order valence-electron chi connectivity index (χ3n) is 2.32. The lowest BCUT2D eigenvalue weighted by molar-refractivity contribution is 1.10. The first-order valence-corrected chi connectivity index (χ1v) is 5.71. The molecule has 17 heavy (non-hydrogen) atoms. The predicted octanol–water partition coefficient (Wildman–Crippen LogP) is 2.92. The number of rotatable bonds is 2. The Labute approximate surface area is 110 Å². The van der Waals surface area contributed by atoms with E-state index in [1.54, 1.807) is 0 Å². The van der Waals surface area contributed by atoms with Crippen LogP contribution in [-0.2, 0) is 6.42 Å². The summed E-state index contributed by atoms with van der Waals surface area (Å²) >= 11 is 1.52. The zero-order valence-corrected chi connectivity index (χ0v) is 10.9. The van der Waals surface area contributed by atoms with Gasteiger partial charge >= 0.3 is 0 Å².